The number of fused-ring (bicyclic) bond motifs is 1. The smallest absolute Gasteiger partial charge is 0.370 e. The molecule has 1 saturated carbocycles. The topological polar surface area (TPSA) is 38.3 Å². The average molecular weight is 452 g/mol. The summed E-state index contributed by atoms with van der Waals surface area (Å²) < 4.78 is 45.0. The molecule has 2 aliphatic rings. The molecular weight excluding hydrogens is 427 g/mol. The molecule has 166 valence electrons. The van der Waals surface area contributed by atoms with Crippen LogP contribution in [0.15, 0.2) is 48.5 Å². The number of rotatable bonds is 4. The van der Waals surface area contributed by atoms with E-state index in [4.69, 9.17) is 16.3 Å². The summed E-state index contributed by atoms with van der Waals surface area (Å²) in [7, 11) is 0. The lowest BCUT2D eigenvalue weighted by atomic mass is 9.76. The minimum absolute atomic E-state index is 0.00984. The van der Waals surface area contributed by atoms with Gasteiger partial charge in [-0.15, -0.1) is 0 Å². The molecule has 1 N–H and O–H groups in total. The first-order valence-corrected chi connectivity index (χ1v) is 11.0. The molecular formula is C24H25ClF3NO2. The van der Waals surface area contributed by atoms with E-state index in [9.17, 15) is 18.0 Å². The highest BCUT2D eigenvalue weighted by atomic mass is 35.5. The van der Waals surface area contributed by atoms with Crippen LogP contribution in [0.3, 0.4) is 0 Å². The summed E-state index contributed by atoms with van der Waals surface area (Å²) >= 11 is 5.91. The van der Waals surface area contributed by atoms with Crippen LogP contribution in [0.1, 0.15) is 54.9 Å². The first-order valence-electron chi connectivity index (χ1n) is 10.7. The Hall–Kier alpha value is -2.05. The van der Waals surface area contributed by atoms with Crippen molar-refractivity contribution in [2.24, 2.45) is 5.92 Å². The van der Waals surface area contributed by atoms with E-state index in [1.165, 1.54) is 12.1 Å². The summed E-state index contributed by atoms with van der Waals surface area (Å²) in [6.45, 7) is 0. The van der Waals surface area contributed by atoms with E-state index in [0.717, 1.165) is 43.4 Å². The van der Waals surface area contributed by atoms with Crippen LogP contribution in [-0.2, 0) is 22.1 Å². The van der Waals surface area contributed by atoms with Crippen LogP contribution in [0.4, 0.5) is 13.2 Å². The Bertz CT molecular complexity index is 899. The third kappa shape index (κ3) is 5.42. The molecule has 4 rings (SSSR count). The molecule has 1 amide bonds. The normalized spacial score (nSPS) is 26.2. The maximum Gasteiger partial charge on any atom is 0.416 e. The van der Waals surface area contributed by atoms with Crippen LogP contribution < -0.4 is 5.32 Å². The minimum atomic E-state index is -4.36. The molecule has 0 aromatic heterocycles. The van der Waals surface area contributed by atoms with E-state index in [-0.39, 0.29) is 36.5 Å². The number of ether oxygens (including phenoxy) is 1. The molecule has 0 radical (unpaired) electrons. The lowest BCUT2D eigenvalue weighted by Gasteiger charge is -2.45. The molecule has 0 bridgehead atoms. The number of carbonyl (C=O) groups is 1. The first-order chi connectivity index (χ1) is 14.8. The number of benzene rings is 2. The Morgan fingerprint density at radius 3 is 2.39 bits per heavy atom. The van der Waals surface area contributed by atoms with Gasteiger partial charge in [-0.25, -0.2) is 0 Å². The molecule has 0 unspecified atom stereocenters. The highest BCUT2D eigenvalue weighted by Crippen LogP contribution is 2.42. The van der Waals surface area contributed by atoms with Gasteiger partial charge < -0.3 is 10.1 Å². The number of carbonyl (C=O) groups excluding carboxylic acids is 1. The van der Waals surface area contributed by atoms with Crippen molar-refractivity contribution in [2.45, 2.75) is 63.0 Å². The Morgan fingerprint density at radius 2 is 1.71 bits per heavy atom. The molecule has 7 heteroatoms. The average Bonchev–Trinajstić information content (AvgIpc) is 2.75. The molecule has 2 aromatic rings. The number of hydrogen-bond acceptors (Lipinski definition) is 2. The van der Waals surface area contributed by atoms with Crippen molar-refractivity contribution >= 4 is 17.5 Å². The lowest BCUT2D eigenvalue weighted by molar-refractivity contribution is -0.138. The molecule has 0 spiro atoms. The summed E-state index contributed by atoms with van der Waals surface area (Å²) in [6, 6.07) is 12.3. The Morgan fingerprint density at radius 1 is 1.03 bits per heavy atom. The van der Waals surface area contributed by atoms with Crippen molar-refractivity contribution in [3.63, 3.8) is 0 Å². The standard InChI is InChI=1S/C24H25ClF3NO2/c25-18-11-5-15(6-12-18)13-23(30)29-20-14-22(31-21-4-2-1-3-19(20)21)16-7-9-17(10-8-16)24(26,27)28/h5-12,19-22H,1-4,13-14H2,(H,29,30)/t19-,20+,21+,22+/m1/s1. The molecule has 31 heavy (non-hydrogen) atoms. The molecule has 1 aliphatic carbocycles. The van der Waals surface area contributed by atoms with Crippen molar-refractivity contribution in [3.8, 4) is 0 Å². The van der Waals surface area contributed by atoms with Crippen LogP contribution in [0.2, 0.25) is 5.02 Å². The van der Waals surface area contributed by atoms with Crippen LogP contribution in [0.5, 0.6) is 0 Å². The Balaban J connectivity index is 1.47. The second kappa shape index (κ2) is 9.21. The summed E-state index contributed by atoms with van der Waals surface area (Å²) in [5, 5.41) is 3.81. The van der Waals surface area contributed by atoms with E-state index in [1.807, 2.05) is 12.1 Å². The zero-order valence-electron chi connectivity index (χ0n) is 17.0. The molecule has 2 fully saturated rings. The van der Waals surface area contributed by atoms with E-state index >= 15 is 0 Å². The summed E-state index contributed by atoms with van der Waals surface area (Å²) in [6.07, 6.45) is 0.180. The molecule has 1 heterocycles. The SMILES string of the molecule is O=C(Cc1ccc(Cl)cc1)N[C@H]1C[C@@H](c2ccc(C(F)(F)F)cc2)O[C@H]2CCCC[C@H]12. The van der Waals surface area contributed by atoms with Crippen LogP contribution >= 0.6 is 11.6 Å². The molecule has 1 aliphatic heterocycles. The van der Waals surface area contributed by atoms with Crippen LogP contribution in [-0.4, -0.2) is 18.1 Å². The van der Waals surface area contributed by atoms with E-state index in [0.29, 0.717) is 17.0 Å². The van der Waals surface area contributed by atoms with Gasteiger partial charge in [0.15, 0.2) is 0 Å². The number of alkyl halides is 3. The quantitative estimate of drug-likeness (QED) is 0.609. The maximum atomic E-state index is 12.9. The summed E-state index contributed by atoms with van der Waals surface area (Å²) in [5.74, 6) is 0.165. The van der Waals surface area contributed by atoms with Crippen molar-refractivity contribution < 1.29 is 22.7 Å². The Labute approximate surface area is 184 Å². The molecule has 2 aromatic carbocycles. The van der Waals surface area contributed by atoms with E-state index in [1.54, 1.807) is 12.1 Å². The van der Waals surface area contributed by atoms with Crippen molar-refractivity contribution in [3.05, 3.63) is 70.2 Å². The number of amides is 1. The summed E-state index contributed by atoms with van der Waals surface area (Å²) in [4.78, 5) is 12.7. The number of hydrogen-bond donors (Lipinski definition) is 1. The second-order valence-electron chi connectivity index (χ2n) is 8.44. The predicted molar refractivity (Wildman–Crippen MR) is 113 cm³/mol. The Kier molecular flexibility index (Phi) is 6.58. The van der Waals surface area contributed by atoms with Gasteiger partial charge >= 0.3 is 6.18 Å². The van der Waals surface area contributed by atoms with Gasteiger partial charge in [0.25, 0.3) is 0 Å². The minimum Gasteiger partial charge on any atom is -0.370 e. The van der Waals surface area contributed by atoms with Gasteiger partial charge in [0.1, 0.15) is 0 Å². The van der Waals surface area contributed by atoms with Gasteiger partial charge in [0.2, 0.25) is 5.91 Å². The van der Waals surface area contributed by atoms with Gasteiger partial charge in [-0.1, -0.05) is 48.7 Å². The molecule has 4 atom stereocenters. The number of halogens is 4. The summed E-state index contributed by atoms with van der Waals surface area (Å²) in [5.41, 5.74) is 0.929. The lowest BCUT2D eigenvalue weighted by Crippen LogP contribution is -2.51. The van der Waals surface area contributed by atoms with Crippen molar-refractivity contribution in [2.75, 3.05) is 0 Å². The fourth-order valence-electron chi connectivity index (χ4n) is 4.74. The zero-order valence-corrected chi connectivity index (χ0v) is 17.8. The fraction of sp³-hybridized carbons (Fsp3) is 0.458. The largest absolute Gasteiger partial charge is 0.416 e. The van der Waals surface area contributed by atoms with Crippen molar-refractivity contribution in [1.82, 2.24) is 5.32 Å². The van der Waals surface area contributed by atoms with Crippen LogP contribution in [0.25, 0.3) is 0 Å². The monoisotopic (exact) mass is 451 g/mol. The third-order valence-corrected chi connectivity index (χ3v) is 6.56. The fourth-order valence-corrected chi connectivity index (χ4v) is 4.87. The van der Waals surface area contributed by atoms with Gasteiger partial charge in [0.05, 0.1) is 24.2 Å². The highest BCUT2D eigenvalue weighted by Gasteiger charge is 2.41. The zero-order chi connectivity index (χ0) is 22.0. The third-order valence-electron chi connectivity index (χ3n) is 6.31. The van der Waals surface area contributed by atoms with Gasteiger partial charge in [-0.2, -0.15) is 13.2 Å². The van der Waals surface area contributed by atoms with Gasteiger partial charge in [0, 0.05) is 17.0 Å². The molecule has 3 nitrogen and oxygen atoms in total. The highest BCUT2D eigenvalue weighted by molar-refractivity contribution is 6.30. The maximum absolute atomic E-state index is 12.9. The van der Waals surface area contributed by atoms with Crippen LogP contribution in [0, 0.1) is 5.92 Å². The molecule has 1 saturated heterocycles. The van der Waals surface area contributed by atoms with Gasteiger partial charge in [-0.05, 0) is 54.7 Å². The van der Waals surface area contributed by atoms with E-state index in [2.05, 4.69) is 5.32 Å². The van der Waals surface area contributed by atoms with Gasteiger partial charge in [-0.3, -0.25) is 4.79 Å². The first kappa shape index (κ1) is 22.2. The van der Waals surface area contributed by atoms with E-state index < -0.39 is 11.7 Å². The second-order valence-corrected chi connectivity index (χ2v) is 8.88. The van der Waals surface area contributed by atoms with Crippen molar-refractivity contribution in [1.29, 1.82) is 0 Å². The predicted octanol–water partition coefficient (Wildman–Crippen LogP) is 6.11. The number of nitrogens with one attached hydrogen (secondary N) is 1.